The summed E-state index contributed by atoms with van der Waals surface area (Å²) in [7, 11) is 0. The number of aromatic nitrogens is 1. The number of nitrogens with zero attached hydrogens (tertiary/aromatic N) is 2. The van der Waals surface area contributed by atoms with Crippen molar-refractivity contribution >= 4 is 17.7 Å². The van der Waals surface area contributed by atoms with E-state index in [9.17, 15) is 14.4 Å². The molecule has 1 unspecified atom stereocenters. The first-order valence-electron chi connectivity index (χ1n) is 10.4. The van der Waals surface area contributed by atoms with Crippen LogP contribution in [0.3, 0.4) is 0 Å². The van der Waals surface area contributed by atoms with Crippen molar-refractivity contribution in [2.24, 2.45) is 0 Å². The zero-order chi connectivity index (χ0) is 23.0. The van der Waals surface area contributed by atoms with Crippen LogP contribution < -0.4 is 10.1 Å². The Hall–Kier alpha value is -3.81. The van der Waals surface area contributed by atoms with Gasteiger partial charge in [-0.05, 0) is 70.2 Å². The minimum Gasteiger partial charge on any atom is -0.494 e. The van der Waals surface area contributed by atoms with Gasteiger partial charge in [0.15, 0.2) is 11.3 Å². The van der Waals surface area contributed by atoms with Crippen molar-refractivity contribution in [3.63, 3.8) is 0 Å². The largest absolute Gasteiger partial charge is 0.494 e. The lowest BCUT2D eigenvalue weighted by molar-refractivity contribution is -0.131. The highest BCUT2D eigenvalue weighted by atomic mass is 16.5. The molecule has 0 radical (unpaired) electrons. The summed E-state index contributed by atoms with van der Waals surface area (Å²) in [6.45, 7) is 7.47. The maximum absolute atomic E-state index is 13.1. The van der Waals surface area contributed by atoms with Crippen molar-refractivity contribution in [3.05, 3.63) is 71.4 Å². The van der Waals surface area contributed by atoms with Crippen LogP contribution in [0.2, 0.25) is 0 Å². The first-order chi connectivity index (χ1) is 15.3. The number of ether oxygens (including phenoxy) is 1. The highest BCUT2D eigenvalue weighted by molar-refractivity contribution is 6.11. The van der Waals surface area contributed by atoms with E-state index in [1.165, 1.54) is 6.26 Å². The minimum atomic E-state index is -1.33. The molecule has 8 nitrogen and oxygen atoms in total. The van der Waals surface area contributed by atoms with Crippen LogP contribution in [-0.2, 0) is 10.3 Å². The van der Waals surface area contributed by atoms with E-state index >= 15 is 0 Å². The highest BCUT2D eigenvalue weighted by Gasteiger charge is 2.51. The van der Waals surface area contributed by atoms with Gasteiger partial charge in [0.2, 0.25) is 0 Å². The van der Waals surface area contributed by atoms with Crippen LogP contribution in [0.25, 0.3) is 5.69 Å². The van der Waals surface area contributed by atoms with Crippen LogP contribution >= 0.6 is 0 Å². The molecule has 32 heavy (non-hydrogen) atoms. The smallest absolute Gasteiger partial charge is 0.325 e. The Morgan fingerprint density at radius 3 is 2.50 bits per heavy atom. The summed E-state index contributed by atoms with van der Waals surface area (Å²) in [6, 6.07) is 12.0. The molecule has 1 saturated heterocycles. The lowest BCUT2D eigenvalue weighted by Crippen LogP contribution is -2.41. The van der Waals surface area contributed by atoms with E-state index in [0.717, 1.165) is 27.7 Å². The fourth-order valence-corrected chi connectivity index (χ4v) is 4.10. The van der Waals surface area contributed by atoms with Gasteiger partial charge in [0.1, 0.15) is 11.5 Å². The summed E-state index contributed by atoms with van der Waals surface area (Å²) >= 11 is 0. The third-order valence-corrected chi connectivity index (χ3v) is 5.73. The first-order valence-corrected chi connectivity index (χ1v) is 10.4. The monoisotopic (exact) mass is 435 g/mol. The third-order valence-electron chi connectivity index (χ3n) is 5.73. The van der Waals surface area contributed by atoms with E-state index in [2.05, 4.69) is 5.32 Å². The number of hydrogen-bond donors (Lipinski definition) is 1. The number of carbonyl (C=O) groups is 3. The molecule has 1 atom stereocenters. The fourth-order valence-electron chi connectivity index (χ4n) is 4.10. The van der Waals surface area contributed by atoms with Crippen LogP contribution in [0.4, 0.5) is 4.79 Å². The van der Waals surface area contributed by atoms with E-state index in [1.807, 2.05) is 49.6 Å². The molecule has 0 bridgehead atoms. The number of imide groups is 1. The number of urea groups is 1. The lowest BCUT2D eigenvalue weighted by Gasteiger charge is -2.18. The molecule has 1 N–H and O–H groups in total. The summed E-state index contributed by atoms with van der Waals surface area (Å²) in [4.78, 5) is 39.5. The Morgan fingerprint density at radius 2 is 1.88 bits per heavy atom. The number of benzene rings is 1. The molecular weight excluding hydrogens is 410 g/mol. The van der Waals surface area contributed by atoms with E-state index in [0.29, 0.717) is 17.9 Å². The topological polar surface area (TPSA) is 93.8 Å². The maximum atomic E-state index is 13.1. The standard InChI is InChI=1S/C24H25N3O5/c1-5-31-18-10-8-17(9-11-18)27-15(2)13-19(16(27)3)20(28)14-26-22(29)24(4,25-23(26)30)21-7-6-12-32-21/h6-13H,5,14H2,1-4H3,(H,25,30). The molecule has 166 valence electrons. The molecule has 1 aromatic carbocycles. The number of amides is 3. The average Bonchev–Trinajstić information content (AvgIpc) is 3.45. The number of nitrogens with one attached hydrogen (secondary N) is 1. The van der Waals surface area contributed by atoms with Crippen molar-refractivity contribution in [1.82, 2.24) is 14.8 Å². The molecule has 1 fully saturated rings. The molecule has 4 rings (SSSR count). The average molecular weight is 435 g/mol. The molecule has 2 aromatic heterocycles. The van der Waals surface area contributed by atoms with Gasteiger partial charge >= 0.3 is 6.03 Å². The second-order valence-electron chi connectivity index (χ2n) is 7.89. The van der Waals surface area contributed by atoms with Gasteiger partial charge in [-0.3, -0.25) is 14.5 Å². The summed E-state index contributed by atoms with van der Waals surface area (Å²) in [5, 5.41) is 2.64. The predicted molar refractivity (Wildman–Crippen MR) is 117 cm³/mol. The van der Waals surface area contributed by atoms with Gasteiger partial charge in [0, 0.05) is 22.6 Å². The molecule has 8 heteroatoms. The predicted octanol–water partition coefficient (Wildman–Crippen LogP) is 3.74. The minimum absolute atomic E-state index is 0.317. The Balaban J connectivity index is 1.57. The van der Waals surface area contributed by atoms with Gasteiger partial charge in [-0.25, -0.2) is 4.79 Å². The lowest BCUT2D eigenvalue weighted by atomic mass is 9.99. The van der Waals surface area contributed by atoms with Crippen molar-refractivity contribution in [3.8, 4) is 11.4 Å². The Labute approximate surface area is 185 Å². The molecule has 0 saturated carbocycles. The van der Waals surface area contributed by atoms with Crippen molar-refractivity contribution < 1.29 is 23.5 Å². The molecule has 1 aliphatic rings. The SMILES string of the molecule is CCOc1ccc(-n2c(C)cc(C(=O)CN3C(=O)NC(C)(c4ccco4)C3=O)c2C)cc1. The van der Waals surface area contributed by atoms with Crippen molar-refractivity contribution in [1.29, 1.82) is 0 Å². The van der Waals surface area contributed by atoms with Crippen LogP contribution in [0.5, 0.6) is 5.75 Å². The Morgan fingerprint density at radius 1 is 1.16 bits per heavy atom. The number of Topliss-reactive ketones (excluding diaryl/α,β-unsaturated/α-hetero) is 1. The zero-order valence-electron chi connectivity index (χ0n) is 18.5. The second-order valence-corrected chi connectivity index (χ2v) is 7.89. The molecule has 3 amide bonds. The molecule has 0 spiro atoms. The number of ketones is 1. The van der Waals surface area contributed by atoms with Crippen molar-refractivity contribution in [2.45, 2.75) is 33.2 Å². The Kier molecular flexibility index (Phi) is 5.38. The fraction of sp³-hybridized carbons (Fsp3) is 0.292. The van der Waals surface area contributed by atoms with Gasteiger partial charge in [-0.2, -0.15) is 0 Å². The van der Waals surface area contributed by atoms with Crippen LogP contribution in [-0.4, -0.2) is 40.3 Å². The number of aryl methyl sites for hydroxylation is 1. The maximum Gasteiger partial charge on any atom is 0.325 e. The van der Waals surface area contributed by atoms with Gasteiger partial charge in [-0.15, -0.1) is 0 Å². The summed E-state index contributed by atoms with van der Waals surface area (Å²) in [5.74, 6) is 0.251. The van der Waals surface area contributed by atoms with Crippen LogP contribution in [0.1, 0.15) is 41.4 Å². The van der Waals surface area contributed by atoms with E-state index in [1.54, 1.807) is 25.1 Å². The molecule has 3 heterocycles. The third kappa shape index (κ3) is 3.47. The van der Waals surface area contributed by atoms with E-state index in [-0.39, 0.29) is 12.3 Å². The van der Waals surface area contributed by atoms with E-state index in [4.69, 9.17) is 9.15 Å². The second kappa shape index (κ2) is 8.03. The van der Waals surface area contributed by atoms with Crippen LogP contribution in [0, 0.1) is 13.8 Å². The molecule has 1 aliphatic heterocycles. The number of carbonyl (C=O) groups excluding carboxylic acids is 3. The molecular formula is C24H25N3O5. The summed E-state index contributed by atoms with van der Waals surface area (Å²) in [6.07, 6.45) is 1.43. The highest BCUT2D eigenvalue weighted by Crippen LogP contribution is 2.30. The summed E-state index contributed by atoms with van der Waals surface area (Å²) in [5.41, 5.74) is 1.62. The van der Waals surface area contributed by atoms with Crippen molar-refractivity contribution in [2.75, 3.05) is 13.2 Å². The summed E-state index contributed by atoms with van der Waals surface area (Å²) < 4.78 is 12.8. The van der Waals surface area contributed by atoms with Crippen LogP contribution in [0.15, 0.2) is 53.1 Å². The first kappa shape index (κ1) is 21.4. The molecule has 3 aromatic rings. The number of rotatable bonds is 7. The number of hydrogen-bond acceptors (Lipinski definition) is 5. The normalized spacial score (nSPS) is 18.2. The van der Waals surface area contributed by atoms with Gasteiger partial charge in [0.25, 0.3) is 5.91 Å². The van der Waals surface area contributed by atoms with Gasteiger partial charge in [0.05, 0.1) is 19.4 Å². The van der Waals surface area contributed by atoms with Gasteiger partial charge in [-0.1, -0.05) is 0 Å². The van der Waals surface area contributed by atoms with E-state index < -0.39 is 17.5 Å². The zero-order valence-corrected chi connectivity index (χ0v) is 18.5. The number of furan rings is 1. The quantitative estimate of drug-likeness (QED) is 0.451. The molecule has 0 aliphatic carbocycles. The Bertz CT molecular complexity index is 1180. The van der Waals surface area contributed by atoms with Gasteiger partial charge < -0.3 is 19.0 Å².